The minimum Gasteiger partial charge on any atom is -0.488 e. The number of halogens is 2. The summed E-state index contributed by atoms with van der Waals surface area (Å²) in [5.41, 5.74) is -1.10. The SMILES string of the molecule is CCCOc1c(F)c(C#N)c(C#N)c(F)c1Nc1ccccc1. The van der Waals surface area contributed by atoms with Crippen LogP contribution >= 0.6 is 0 Å². The number of nitrogens with zero attached hydrogens (tertiary/aromatic N) is 2. The van der Waals surface area contributed by atoms with Crippen molar-refractivity contribution >= 4 is 11.4 Å². The van der Waals surface area contributed by atoms with Crippen LogP contribution in [-0.4, -0.2) is 6.61 Å². The lowest BCUT2D eigenvalue weighted by Crippen LogP contribution is -2.08. The van der Waals surface area contributed by atoms with E-state index in [1.165, 1.54) is 12.1 Å². The van der Waals surface area contributed by atoms with Crippen molar-refractivity contribution in [1.82, 2.24) is 0 Å². The molecular formula is C17H13F2N3O. The molecule has 0 aromatic heterocycles. The number of ether oxygens (including phenoxy) is 1. The van der Waals surface area contributed by atoms with E-state index in [1.807, 2.05) is 6.92 Å². The first-order chi connectivity index (χ1) is 11.1. The van der Waals surface area contributed by atoms with Crippen LogP contribution in [-0.2, 0) is 0 Å². The van der Waals surface area contributed by atoms with Gasteiger partial charge in [0.2, 0.25) is 0 Å². The normalized spacial score (nSPS) is 9.78. The molecule has 0 unspecified atom stereocenters. The smallest absolute Gasteiger partial charge is 0.186 e. The second kappa shape index (κ2) is 7.24. The Labute approximate surface area is 132 Å². The third-order valence-corrected chi connectivity index (χ3v) is 3.05. The summed E-state index contributed by atoms with van der Waals surface area (Å²) in [6.07, 6.45) is 0.577. The van der Waals surface area contributed by atoms with E-state index in [2.05, 4.69) is 5.32 Å². The van der Waals surface area contributed by atoms with Gasteiger partial charge >= 0.3 is 0 Å². The Morgan fingerprint density at radius 2 is 1.65 bits per heavy atom. The third kappa shape index (κ3) is 3.22. The van der Waals surface area contributed by atoms with Crippen molar-refractivity contribution < 1.29 is 13.5 Å². The van der Waals surface area contributed by atoms with E-state index in [0.717, 1.165) is 0 Å². The summed E-state index contributed by atoms with van der Waals surface area (Å²) in [6, 6.07) is 11.6. The number of rotatable bonds is 5. The fourth-order valence-electron chi connectivity index (χ4n) is 1.99. The van der Waals surface area contributed by atoms with Gasteiger partial charge in [-0.05, 0) is 18.6 Å². The van der Waals surface area contributed by atoms with Crippen LogP contribution in [0.5, 0.6) is 5.75 Å². The van der Waals surface area contributed by atoms with E-state index >= 15 is 0 Å². The van der Waals surface area contributed by atoms with E-state index in [4.69, 9.17) is 15.3 Å². The average molecular weight is 313 g/mol. The van der Waals surface area contributed by atoms with Crippen LogP contribution in [0.25, 0.3) is 0 Å². The number of benzene rings is 2. The fraction of sp³-hybridized carbons (Fsp3) is 0.176. The monoisotopic (exact) mass is 313 g/mol. The van der Waals surface area contributed by atoms with Gasteiger partial charge < -0.3 is 10.1 Å². The van der Waals surface area contributed by atoms with Crippen LogP contribution < -0.4 is 10.1 Å². The Balaban J connectivity index is 2.65. The zero-order chi connectivity index (χ0) is 16.8. The van der Waals surface area contributed by atoms with Crippen molar-refractivity contribution in [2.45, 2.75) is 13.3 Å². The summed E-state index contributed by atoms with van der Waals surface area (Å²) >= 11 is 0. The Morgan fingerprint density at radius 3 is 2.22 bits per heavy atom. The highest BCUT2D eigenvalue weighted by atomic mass is 19.1. The maximum absolute atomic E-state index is 14.6. The van der Waals surface area contributed by atoms with Gasteiger partial charge in [0.25, 0.3) is 0 Å². The number of nitriles is 2. The van der Waals surface area contributed by atoms with Gasteiger partial charge in [-0.25, -0.2) is 8.78 Å². The molecule has 0 bridgehead atoms. The van der Waals surface area contributed by atoms with Crippen LogP contribution in [0.2, 0.25) is 0 Å². The number of hydrogen-bond acceptors (Lipinski definition) is 4. The molecule has 0 aliphatic carbocycles. The largest absolute Gasteiger partial charge is 0.488 e. The van der Waals surface area contributed by atoms with Gasteiger partial charge in [0.1, 0.15) is 29.0 Å². The Kier molecular flexibility index (Phi) is 5.11. The second-order valence-corrected chi connectivity index (χ2v) is 4.65. The van der Waals surface area contributed by atoms with Gasteiger partial charge in [-0.2, -0.15) is 10.5 Å². The van der Waals surface area contributed by atoms with Gasteiger partial charge in [-0.3, -0.25) is 0 Å². The molecule has 2 aromatic rings. The zero-order valence-corrected chi connectivity index (χ0v) is 12.4. The van der Waals surface area contributed by atoms with Gasteiger partial charge in [0.05, 0.1) is 6.61 Å². The zero-order valence-electron chi connectivity index (χ0n) is 12.4. The molecule has 0 fully saturated rings. The molecule has 0 amide bonds. The molecule has 23 heavy (non-hydrogen) atoms. The van der Waals surface area contributed by atoms with Crippen molar-refractivity contribution in [2.24, 2.45) is 0 Å². The summed E-state index contributed by atoms with van der Waals surface area (Å²) < 4.78 is 34.3. The van der Waals surface area contributed by atoms with Crippen LogP contribution in [0.4, 0.5) is 20.2 Å². The molecule has 0 saturated heterocycles. The topological polar surface area (TPSA) is 68.8 Å². The molecule has 0 heterocycles. The van der Waals surface area contributed by atoms with E-state index in [-0.39, 0.29) is 12.3 Å². The molecule has 2 aromatic carbocycles. The molecule has 0 aliphatic heterocycles. The van der Waals surface area contributed by atoms with Crippen molar-refractivity contribution in [1.29, 1.82) is 10.5 Å². The Morgan fingerprint density at radius 1 is 1.04 bits per heavy atom. The molecule has 0 atom stereocenters. The molecule has 4 nitrogen and oxygen atoms in total. The molecule has 6 heteroatoms. The van der Waals surface area contributed by atoms with Crippen molar-refractivity contribution in [3.8, 4) is 17.9 Å². The predicted octanol–water partition coefficient (Wildman–Crippen LogP) is 4.24. The summed E-state index contributed by atoms with van der Waals surface area (Å²) in [6.45, 7) is 1.96. The highest BCUT2D eigenvalue weighted by molar-refractivity contribution is 5.72. The lowest BCUT2D eigenvalue weighted by Gasteiger charge is -2.16. The first-order valence-electron chi connectivity index (χ1n) is 6.94. The lowest BCUT2D eigenvalue weighted by molar-refractivity contribution is 0.301. The quantitative estimate of drug-likeness (QED) is 0.896. The van der Waals surface area contributed by atoms with Crippen LogP contribution in [0.3, 0.4) is 0 Å². The summed E-state index contributed by atoms with van der Waals surface area (Å²) in [5.74, 6) is -2.46. The second-order valence-electron chi connectivity index (χ2n) is 4.65. The van der Waals surface area contributed by atoms with E-state index in [1.54, 1.807) is 30.3 Å². The number of anilines is 2. The lowest BCUT2D eigenvalue weighted by atomic mass is 10.1. The molecule has 0 spiro atoms. The molecular weight excluding hydrogens is 300 g/mol. The number of nitrogens with one attached hydrogen (secondary N) is 1. The highest BCUT2D eigenvalue weighted by Crippen LogP contribution is 2.37. The van der Waals surface area contributed by atoms with E-state index in [0.29, 0.717) is 12.1 Å². The average Bonchev–Trinajstić information content (AvgIpc) is 2.58. The molecule has 0 aliphatic rings. The molecule has 2 rings (SSSR count). The maximum Gasteiger partial charge on any atom is 0.186 e. The third-order valence-electron chi connectivity index (χ3n) is 3.05. The first-order valence-corrected chi connectivity index (χ1v) is 6.94. The number of hydrogen-bond donors (Lipinski definition) is 1. The first kappa shape index (κ1) is 16.3. The minimum atomic E-state index is -1.04. The summed E-state index contributed by atoms with van der Waals surface area (Å²) in [7, 11) is 0. The highest BCUT2D eigenvalue weighted by Gasteiger charge is 2.26. The van der Waals surface area contributed by atoms with Gasteiger partial charge in [-0.15, -0.1) is 0 Å². The van der Waals surface area contributed by atoms with Gasteiger partial charge in [0, 0.05) is 5.69 Å². The molecule has 0 saturated carbocycles. The molecule has 116 valence electrons. The van der Waals surface area contributed by atoms with Crippen molar-refractivity contribution in [3.05, 3.63) is 53.1 Å². The summed E-state index contributed by atoms with van der Waals surface area (Å²) in [4.78, 5) is 0. The van der Waals surface area contributed by atoms with Crippen LogP contribution in [0.15, 0.2) is 30.3 Å². The van der Waals surface area contributed by atoms with Gasteiger partial charge in [-0.1, -0.05) is 25.1 Å². The van der Waals surface area contributed by atoms with Gasteiger partial charge in [0.15, 0.2) is 17.4 Å². The maximum atomic E-state index is 14.6. The van der Waals surface area contributed by atoms with E-state index in [9.17, 15) is 8.78 Å². The van der Waals surface area contributed by atoms with Crippen LogP contribution in [0.1, 0.15) is 24.5 Å². The number of para-hydroxylation sites is 1. The van der Waals surface area contributed by atoms with Crippen LogP contribution in [0, 0.1) is 34.3 Å². The molecule has 1 N–H and O–H groups in total. The standard InChI is InChI=1S/C17H13F2N3O/c1-2-8-23-17-15(19)13(10-21)12(9-20)14(18)16(17)22-11-6-4-3-5-7-11/h3-7,22H,2,8H2,1H3. The fourth-order valence-corrected chi connectivity index (χ4v) is 1.99. The van der Waals surface area contributed by atoms with Crippen molar-refractivity contribution in [2.75, 3.05) is 11.9 Å². The summed E-state index contributed by atoms with van der Waals surface area (Å²) in [5, 5.41) is 20.8. The van der Waals surface area contributed by atoms with Crippen molar-refractivity contribution in [3.63, 3.8) is 0 Å². The predicted molar refractivity (Wildman–Crippen MR) is 81.3 cm³/mol. The molecule has 0 radical (unpaired) electrons. The minimum absolute atomic E-state index is 0.149. The van der Waals surface area contributed by atoms with E-state index < -0.39 is 28.5 Å². The Bertz CT molecular complexity index is 792. The Hall–Kier alpha value is -3.12.